The summed E-state index contributed by atoms with van der Waals surface area (Å²) in [5.74, 6) is -0.647. The number of carbonyl (C=O) groups excluding carboxylic acids is 2. The van der Waals surface area contributed by atoms with Crippen LogP contribution in [0.4, 0.5) is 5.69 Å². The van der Waals surface area contributed by atoms with Gasteiger partial charge in [0.2, 0.25) is 11.7 Å². The van der Waals surface area contributed by atoms with Gasteiger partial charge in [-0.1, -0.05) is 95.6 Å². The van der Waals surface area contributed by atoms with Gasteiger partial charge in [0, 0.05) is 11.3 Å². The maximum atomic E-state index is 13.5. The van der Waals surface area contributed by atoms with Crippen LogP contribution in [0.5, 0.6) is 0 Å². The van der Waals surface area contributed by atoms with E-state index < -0.39 is 11.0 Å². The molecule has 4 nitrogen and oxygen atoms in total. The lowest BCUT2D eigenvalue weighted by Gasteiger charge is -2.18. The van der Waals surface area contributed by atoms with E-state index >= 15 is 0 Å². The van der Waals surface area contributed by atoms with E-state index in [4.69, 9.17) is 23.2 Å². The van der Waals surface area contributed by atoms with Gasteiger partial charge in [0.25, 0.3) is 0 Å². The summed E-state index contributed by atoms with van der Waals surface area (Å²) in [5, 5.41) is 10.5. The number of Topliss-reactive ketones (excluding diaryl/α,β-unsaturated/α-hetero) is 1. The number of nitrogens with zero attached hydrogens (tertiary/aromatic N) is 2. The molecule has 3 aromatic rings. The number of thioether (sulfide) groups is 1. The molecule has 0 bridgehead atoms. The lowest BCUT2D eigenvalue weighted by Crippen LogP contribution is -2.30. The third-order valence-electron chi connectivity index (χ3n) is 4.99. The van der Waals surface area contributed by atoms with Crippen molar-refractivity contribution < 1.29 is 9.59 Å². The Hall–Kier alpha value is -3.04. The van der Waals surface area contributed by atoms with Crippen LogP contribution in [0.25, 0.3) is 0 Å². The number of rotatable bonds is 5. The summed E-state index contributed by atoms with van der Waals surface area (Å²) in [6.45, 7) is 0. The number of hydrogen-bond donors (Lipinski definition) is 0. The highest BCUT2D eigenvalue weighted by atomic mass is 35.5. The van der Waals surface area contributed by atoms with Gasteiger partial charge in [-0.15, -0.1) is 0 Å². The van der Waals surface area contributed by atoms with Gasteiger partial charge in [-0.3, -0.25) is 14.5 Å². The van der Waals surface area contributed by atoms with E-state index in [1.54, 1.807) is 66.7 Å². The predicted molar refractivity (Wildman–Crippen MR) is 129 cm³/mol. The van der Waals surface area contributed by atoms with Gasteiger partial charge in [0.1, 0.15) is 16.7 Å². The average Bonchev–Trinajstić information content (AvgIpc) is 3.14. The molecule has 0 N–H and O–H groups in total. The first-order valence-electron chi connectivity index (χ1n) is 9.74. The second kappa shape index (κ2) is 9.62. The molecule has 1 fully saturated rings. The van der Waals surface area contributed by atoms with E-state index in [0.29, 0.717) is 32.7 Å². The van der Waals surface area contributed by atoms with E-state index in [2.05, 4.69) is 0 Å². The highest BCUT2D eigenvalue weighted by Gasteiger charge is 2.41. The minimum atomic E-state index is -0.562. The largest absolute Gasteiger partial charge is 0.288 e. The molecule has 0 radical (unpaired) electrons. The highest BCUT2D eigenvalue weighted by molar-refractivity contribution is 8.05. The van der Waals surface area contributed by atoms with E-state index in [0.717, 1.165) is 5.56 Å². The fraction of sp³-hybridized carbons (Fsp3) is 0.0800. The summed E-state index contributed by atoms with van der Waals surface area (Å²) in [4.78, 5) is 28.1. The minimum Gasteiger partial charge on any atom is -0.288 e. The van der Waals surface area contributed by atoms with Crippen molar-refractivity contribution in [2.45, 2.75) is 11.7 Å². The van der Waals surface area contributed by atoms with Crippen molar-refractivity contribution in [3.05, 3.63) is 111 Å². The Kier molecular flexibility index (Phi) is 6.66. The van der Waals surface area contributed by atoms with Gasteiger partial charge in [-0.05, 0) is 30.2 Å². The quantitative estimate of drug-likeness (QED) is 0.245. The topological polar surface area (TPSA) is 61.2 Å². The SMILES string of the molecule is N#CC(C(=O)c1ccccc1)=C1SC(Cc2cccc(Cl)c2Cl)C(=O)N1c1ccccc1. The number of para-hydroxylation sites is 1. The Morgan fingerprint density at radius 3 is 2.28 bits per heavy atom. The molecule has 1 saturated heterocycles. The fourth-order valence-corrected chi connectivity index (χ4v) is 5.13. The molecule has 1 atom stereocenters. The molecular formula is C25H16Cl2N2O2S. The van der Waals surface area contributed by atoms with Crippen LogP contribution in [0.15, 0.2) is 89.5 Å². The molecular weight excluding hydrogens is 463 g/mol. The molecule has 32 heavy (non-hydrogen) atoms. The molecule has 1 aliphatic rings. The first-order valence-corrected chi connectivity index (χ1v) is 11.4. The molecule has 0 spiro atoms. The zero-order chi connectivity index (χ0) is 22.7. The standard InChI is InChI=1S/C25H16Cl2N2O2S/c26-20-13-7-10-17(22(20)27)14-21-24(31)29(18-11-5-2-6-12-18)25(32-21)19(15-28)23(30)16-8-3-1-4-9-16/h1-13,21H,14H2. The van der Waals surface area contributed by atoms with Crippen LogP contribution in [0, 0.1) is 11.3 Å². The first-order chi connectivity index (χ1) is 15.5. The number of ketones is 1. The third kappa shape index (κ3) is 4.31. The van der Waals surface area contributed by atoms with Crippen molar-refractivity contribution in [2.75, 3.05) is 4.90 Å². The molecule has 158 valence electrons. The maximum absolute atomic E-state index is 13.5. The number of nitriles is 1. The van der Waals surface area contributed by atoms with Gasteiger partial charge < -0.3 is 0 Å². The molecule has 0 aliphatic carbocycles. The molecule has 1 aliphatic heterocycles. The van der Waals surface area contributed by atoms with Gasteiger partial charge in [0.05, 0.1) is 15.3 Å². The lowest BCUT2D eigenvalue weighted by molar-refractivity contribution is -0.117. The summed E-state index contributed by atoms with van der Waals surface area (Å²) in [6, 6.07) is 24.9. The Morgan fingerprint density at radius 2 is 1.62 bits per heavy atom. The molecule has 4 rings (SSSR count). The Balaban J connectivity index is 1.79. The zero-order valence-corrected chi connectivity index (χ0v) is 19.0. The summed E-state index contributed by atoms with van der Waals surface area (Å²) in [7, 11) is 0. The van der Waals surface area contributed by atoms with Crippen LogP contribution < -0.4 is 4.90 Å². The number of halogens is 2. The average molecular weight is 479 g/mol. The minimum absolute atomic E-state index is 0.0712. The number of allylic oxidation sites excluding steroid dienone is 1. The van der Waals surface area contributed by atoms with Crippen molar-refractivity contribution in [3.63, 3.8) is 0 Å². The molecule has 1 unspecified atom stereocenters. The van der Waals surface area contributed by atoms with Crippen LogP contribution in [-0.2, 0) is 11.2 Å². The van der Waals surface area contributed by atoms with Crippen molar-refractivity contribution in [2.24, 2.45) is 0 Å². The second-order valence-electron chi connectivity index (χ2n) is 7.02. The fourth-order valence-electron chi connectivity index (χ4n) is 3.44. The molecule has 1 amide bonds. The van der Waals surface area contributed by atoms with Crippen molar-refractivity contribution >= 4 is 52.3 Å². The third-order valence-corrected chi connectivity index (χ3v) is 7.11. The van der Waals surface area contributed by atoms with E-state index in [9.17, 15) is 14.9 Å². The first kappa shape index (κ1) is 22.2. The van der Waals surface area contributed by atoms with E-state index in [-0.39, 0.29) is 11.5 Å². The summed E-state index contributed by atoms with van der Waals surface area (Å²) in [5.41, 5.74) is 1.64. The monoisotopic (exact) mass is 478 g/mol. The second-order valence-corrected chi connectivity index (χ2v) is 9.00. The molecule has 0 aromatic heterocycles. The van der Waals surface area contributed by atoms with Gasteiger partial charge >= 0.3 is 0 Å². The van der Waals surface area contributed by atoms with Crippen molar-refractivity contribution in [1.29, 1.82) is 5.26 Å². The lowest BCUT2D eigenvalue weighted by atomic mass is 10.0. The molecule has 1 heterocycles. The number of benzene rings is 3. The predicted octanol–water partition coefficient (Wildman–Crippen LogP) is 6.30. The molecule has 7 heteroatoms. The van der Waals surface area contributed by atoms with Crippen LogP contribution in [0.2, 0.25) is 10.0 Å². The zero-order valence-electron chi connectivity index (χ0n) is 16.7. The van der Waals surface area contributed by atoms with E-state index in [1.807, 2.05) is 18.2 Å². The summed E-state index contributed by atoms with van der Waals surface area (Å²) in [6.07, 6.45) is 0.313. The van der Waals surface area contributed by atoms with Gasteiger partial charge in [0.15, 0.2) is 0 Å². The summed E-state index contributed by atoms with van der Waals surface area (Å²) >= 11 is 13.7. The Morgan fingerprint density at radius 1 is 0.969 bits per heavy atom. The van der Waals surface area contributed by atoms with Gasteiger partial charge in [-0.2, -0.15) is 5.26 Å². The number of anilines is 1. The molecule has 3 aromatic carbocycles. The Bertz CT molecular complexity index is 1250. The van der Waals surface area contributed by atoms with Crippen molar-refractivity contribution in [3.8, 4) is 6.07 Å². The normalized spacial score (nSPS) is 17.2. The van der Waals surface area contributed by atoms with Crippen LogP contribution in [-0.4, -0.2) is 16.9 Å². The van der Waals surface area contributed by atoms with Crippen LogP contribution >= 0.6 is 35.0 Å². The highest BCUT2D eigenvalue weighted by Crippen LogP contribution is 2.43. The molecule has 0 saturated carbocycles. The maximum Gasteiger partial charge on any atom is 0.245 e. The number of hydrogen-bond acceptors (Lipinski definition) is 4. The van der Waals surface area contributed by atoms with Gasteiger partial charge in [-0.25, -0.2) is 0 Å². The Labute approximate surface area is 200 Å². The van der Waals surface area contributed by atoms with Crippen molar-refractivity contribution in [1.82, 2.24) is 0 Å². The summed E-state index contributed by atoms with van der Waals surface area (Å²) < 4.78 is 0. The van der Waals surface area contributed by atoms with Crippen LogP contribution in [0.3, 0.4) is 0 Å². The smallest absolute Gasteiger partial charge is 0.245 e. The van der Waals surface area contributed by atoms with Crippen LogP contribution in [0.1, 0.15) is 15.9 Å². The number of carbonyl (C=O) groups is 2. The number of amides is 1. The van der Waals surface area contributed by atoms with E-state index in [1.165, 1.54) is 16.7 Å².